The highest BCUT2D eigenvalue weighted by atomic mass is 79.9. The number of piperidine rings is 2. The van der Waals surface area contributed by atoms with Crippen molar-refractivity contribution in [2.45, 2.75) is 18.9 Å². The van der Waals surface area contributed by atoms with Crippen LogP contribution in [0.5, 0.6) is 0 Å². The zero-order valence-electron chi connectivity index (χ0n) is 29.8. The molecule has 5 amide bonds. The van der Waals surface area contributed by atoms with E-state index in [9.17, 15) is 28.8 Å². The highest BCUT2D eigenvalue weighted by Crippen LogP contribution is 2.32. The lowest BCUT2D eigenvalue weighted by atomic mass is 9.94. The van der Waals surface area contributed by atoms with Gasteiger partial charge >= 0.3 is 0 Å². The van der Waals surface area contributed by atoms with E-state index >= 15 is 0 Å². The smallest absolute Gasteiger partial charge is 0.264 e. The number of nitrogens with one attached hydrogen (secondary N) is 3. The summed E-state index contributed by atoms with van der Waals surface area (Å²) >= 11 is 7.12. The van der Waals surface area contributed by atoms with Gasteiger partial charge in [0.1, 0.15) is 6.04 Å². The van der Waals surface area contributed by atoms with Crippen LogP contribution in [0.4, 0.5) is 5.69 Å². The highest BCUT2D eigenvalue weighted by Gasteiger charge is 2.45. The van der Waals surface area contributed by atoms with Crippen molar-refractivity contribution in [2.75, 3.05) is 64.5 Å². The van der Waals surface area contributed by atoms with E-state index in [4.69, 9.17) is 9.47 Å². The number of carbonyl (C=O) groups is 6. The molecule has 3 aliphatic heterocycles. The molecule has 1 atom stereocenters. The number of Topliss-reactive ketones (excluding diaryl/α,β-unsaturated/α-hetero) is 1. The van der Waals surface area contributed by atoms with Crippen molar-refractivity contribution >= 4 is 85.0 Å². The first-order valence-electron chi connectivity index (χ1n) is 17.8. The summed E-state index contributed by atoms with van der Waals surface area (Å²) in [4.78, 5) is 79.6. The van der Waals surface area contributed by atoms with Crippen LogP contribution < -0.4 is 16.0 Å². The molecule has 0 aliphatic carbocycles. The maximum atomic E-state index is 13.6. The summed E-state index contributed by atoms with van der Waals surface area (Å²) in [5.41, 5.74) is 3.78. The van der Waals surface area contributed by atoms with E-state index in [0.29, 0.717) is 56.2 Å². The first-order chi connectivity index (χ1) is 26.6. The van der Waals surface area contributed by atoms with E-state index < -0.39 is 29.7 Å². The lowest BCUT2D eigenvalue weighted by Crippen LogP contribution is -2.54. The number of carbonyl (C=O) groups excluding carboxylic acids is 6. The fourth-order valence-corrected chi connectivity index (χ4v) is 7.34. The van der Waals surface area contributed by atoms with E-state index in [0.717, 1.165) is 25.0 Å². The lowest BCUT2D eigenvalue weighted by Gasteiger charge is -2.29. The van der Waals surface area contributed by atoms with Crippen molar-refractivity contribution in [1.29, 1.82) is 0 Å². The number of anilines is 1. The van der Waals surface area contributed by atoms with Crippen LogP contribution in [-0.2, 0) is 28.7 Å². The molecule has 0 bridgehead atoms. The molecule has 55 heavy (non-hydrogen) atoms. The van der Waals surface area contributed by atoms with Gasteiger partial charge in [-0.1, -0.05) is 74.3 Å². The summed E-state index contributed by atoms with van der Waals surface area (Å²) in [6, 6.07) is 19.2. The normalized spacial score (nSPS) is 18.9. The molecule has 2 saturated heterocycles. The topological polar surface area (TPSA) is 163 Å². The predicted octanol–water partition coefficient (Wildman–Crippen LogP) is 4.23. The Labute approximate surface area is 334 Å². The Kier molecular flexibility index (Phi) is 13.6. The highest BCUT2D eigenvalue weighted by molar-refractivity contribution is 9.10. The van der Waals surface area contributed by atoms with E-state index in [-0.39, 0.29) is 55.4 Å². The Morgan fingerprint density at radius 3 is 2.02 bits per heavy atom. The number of ether oxygens (including phenoxy) is 2. The minimum Gasteiger partial charge on any atom is -0.382 e. The number of ketones is 1. The Bertz CT molecular complexity index is 2000. The molecule has 3 heterocycles. The molecule has 3 aliphatic rings. The molecule has 0 aromatic heterocycles. The number of nitrogens with zero attached hydrogens (tertiary/aromatic N) is 2. The standard InChI is InChI=1S/C40H39Br2N5O8/c41-30-9-3-1-6-25(30)20-27-22-46(23-28(37(27)50)21-26-7-2-4-10-31(26)42)24-35(49)44-15-17-55-19-18-54-16-14-43-32-11-5-8-29-36(32)40(53)47(39(29)52)33-12-13-34(48)45-38(33)51/h1-11,20-21,33,43H,12-19,22-24H2,(H,44,49)(H,45,48,51)/b27-20+,28-21+. The van der Waals surface area contributed by atoms with Gasteiger partial charge in [-0.15, -0.1) is 0 Å². The molecular formula is C40H39Br2N5O8. The first-order valence-corrected chi connectivity index (χ1v) is 19.4. The summed E-state index contributed by atoms with van der Waals surface area (Å²) < 4.78 is 13.0. The number of benzene rings is 3. The molecule has 1 unspecified atom stereocenters. The summed E-state index contributed by atoms with van der Waals surface area (Å²) in [6.45, 7) is 2.55. The minimum atomic E-state index is -1.03. The molecule has 3 aromatic rings. The molecule has 0 radical (unpaired) electrons. The quantitative estimate of drug-likeness (QED) is 0.115. The number of rotatable bonds is 15. The average molecular weight is 878 g/mol. The van der Waals surface area contributed by atoms with Gasteiger partial charge in [0.15, 0.2) is 5.78 Å². The number of imide groups is 2. The third-order valence-corrected chi connectivity index (χ3v) is 10.6. The maximum Gasteiger partial charge on any atom is 0.264 e. The largest absolute Gasteiger partial charge is 0.382 e. The SMILES string of the molecule is O=C(CN1C/C(=C\c2ccccc2Br)C(=O)/C(=C/c2ccccc2Br)C1)NCCOCCOCCNc1cccc2c1C(=O)N(C1CCC(=O)NC1=O)C2=O. The molecule has 3 N–H and O–H groups in total. The second kappa shape index (κ2) is 18.7. The lowest BCUT2D eigenvalue weighted by molar-refractivity contribution is -0.136. The van der Waals surface area contributed by atoms with Gasteiger partial charge in [-0.25, -0.2) is 0 Å². The van der Waals surface area contributed by atoms with Crippen LogP contribution in [-0.4, -0.2) is 110 Å². The van der Waals surface area contributed by atoms with Gasteiger partial charge in [-0.2, -0.15) is 0 Å². The third kappa shape index (κ3) is 9.90. The maximum absolute atomic E-state index is 13.6. The van der Waals surface area contributed by atoms with Crippen molar-refractivity contribution in [3.8, 4) is 0 Å². The van der Waals surface area contributed by atoms with E-state index in [1.807, 2.05) is 65.6 Å². The average Bonchev–Trinajstić information content (AvgIpc) is 3.42. The Hall–Kier alpha value is -4.80. The Balaban J connectivity index is 0.913. The molecule has 2 fully saturated rings. The molecule has 13 nitrogen and oxygen atoms in total. The van der Waals surface area contributed by atoms with Crippen LogP contribution in [0.25, 0.3) is 12.2 Å². The van der Waals surface area contributed by atoms with Gasteiger partial charge in [-0.05, 0) is 54.0 Å². The number of halogens is 2. The van der Waals surface area contributed by atoms with Crippen LogP contribution in [0, 0.1) is 0 Å². The summed E-state index contributed by atoms with van der Waals surface area (Å²) in [5.74, 6) is -2.48. The first kappa shape index (κ1) is 39.9. The summed E-state index contributed by atoms with van der Waals surface area (Å²) in [7, 11) is 0. The van der Waals surface area contributed by atoms with Crippen molar-refractivity contribution < 1.29 is 38.2 Å². The number of fused-ring (bicyclic) bond motifs is 1. The number of likely N-dealkylation sites (tertiary alicyclic amines) is 1. The number of hydrogen-bond acceptors (Lipinski definition) is 10. The second-order valence-electron chi connectivity index (χ2n) is 13.0. The van der Waals surface area contributed by atoms with Crippen LogP contribution in [0.3, 0.4) is 0 Å². The molecule has 6 rings (SSSR count). The molecule has 286 valence electrons. The third-order valence-electron chi connectivity index (χ3n) is 9.18. The van der Waals surface area contributed by atoms with Crippen molar-refractivity contribution in [1.82, 2.24) is 20.4 Å². The molecule has 3 aromatic carbocycles. The van der Waals surface area contributed by atoms with Crippen molar-refractivity contribution in [3.05, 3.63) is 109 Å². The summed E-state index contributed by atoms with van der Waals surface area (Å²) in [6.07, 6.45) is 3.87. The van der Waals surface area contributed by atoms with Crippen LogP contribution in [0.2, 0.25) is 0 Å². The van der Waals surface area contributed by atoms with Gasteiger partial charge in [0, 0.05) is 58.4 Å². The summed E-state index contributed by atoms with van der Waals surface area (Å²) in [5, 5.41) is 8.21. The van der Waals surface area contributed by atoms with E-state index in [1.54, 1.807) is 12.1 Å². The van der Waals surface area contributed by atoms with E-state index in [1.165, 1.54) is 6.07 Å². The zero-order chi connectivity index (χ0) is 38.9. The number of amides is 5. The predicted molar refractivity (Wildman–Crippen MR) is 212 cm³/mol. The van der Waals surface area contributed by atoms with Crippen LogP contribution >= 0.6 is 31.9 Å². The fourth-order valence-electron chi connectivity index (χ4n) is 6.55. The van der Waals surface area contributed by atoms with Crippen molar-refractivity contribution in [2.24, 2.45) is 0 Å². The Morgan fingerprint density at radius 1 is 0.782 bits per heavy atom. The Morgan fingerprint density at radius 2 is 1.40 bits per heavy atom. The van der Waals surface area contributed by atoms with Gasteiger partial charge in [0.25, 0.3) is 11.8 Å². The molecule has 0 saturated carbocycles. The van der Waals surface area contributed by atoms with Crippen LogP contribution in [0.1, 0.15) is 44.7 Å². The zero-order valence-corrected chi connectivity index (χ0v) is 32.9. The monoisotopic (exact) mass is 875 g/mol. The number of hydrogen-bond donors (Lipinski definition) is 3. The molecular weight excluding hydrogens is 838 g/mol. The minimum absolute atomic E-state index is 0.0496. The van der Waals surface area contributed by atoms with Gasteiger partial charge in [-0.3, -0.25) is 43.9 Å². The van der Waals surface area contributed by atoms with Gasteiger partial charge in [0.05, 0.1) is 44.1 Å². The second-order valence-corrected chi connectivity index (χ2v) is 14.7. The van der Waals surface area contributed by atoms with Crippen molar-refractivity contribution in [3.63, 3.8) is 0 Å². The van der Waals surface area contributed by atoms with Gasteiger partial charge in [0.2, 0.25) is 17.7 Å². The molecule has 15 heteroatoms. The van der Waals surface area contributed by atoms with Gasteiger partial charge < -0.3 is 20.1 Å². The van der Waals surface area contributed by atoms with E-state index in [2.05, 4.69) is 47.8 Å². The van der Waals surface area contributed by atoms with Crippen LogP contribution in [0.15, 0.2) is 86.8 Å². The molecule has 0 spiro atoms. The fraction of sp³-hybridized carbons (Fsp3) is 0.300.